The Morgan fingerprint density at radius 1 is 1.23 bits per heavy atom. The first kappa shape index (κ1) is 30.0. The molecule has 0 saturated carbocycles. The monoisotopic (exact) mass is 560 g/mol. The van der Waals surface area contributed by atoms with Crippen LogP contribution in [0.15, 0.2) is 39.7 Å². The average Bonchev–Trinajstić information content (AvgIpc) is 2.99. The lowest BCUT2D eigenvalue weighted by Crippen LogP contribution is -2.30. The van der Waals surface area contributed by atoms with Crippen LogP contribution in [0, 0.1) is 18.8 Å². The largest absolute Gasteiger partial charge is 0.442 e. The highest BCUT2D eigenvalue weighted by Crippen LogP contribution is 2.32. The summed E-state index contributed by atoms with van der Waals surface area (Å²) in [6, 6.07) is 6.20. The predicted molar refractivity (Wildman–Crippen MR) is 148 cm³/mol. The van der Waals surface area contributed by atoms with Crippen LogP contribution in [-0.4, -0.2) is 52.1 Å². The summed E-state index contributed by atoms with van der Waals surface area (Å²) in [5.74, 6) is 2.75. The molecular formula is C28H34F2N4O4S. The number of amides is 2. The molecule has 1 aliphatic heterocycles. The number of nitrogens with one attached hydrogen (secondary N) is 1. The zero-order valence-corrected chi connectivity index (χ0v) is 23.9. The lowest BCUT2D eigenvalue weighted by molar-refractivity contribution is -0.0102. The second-order valence-electron chi connectivity index (χ2n) is 10.4. The number of aromatic nitrogens is 1. The van der Waals surface area contributed by atoms with Crippen molar-refractivity contribution in [3.8, 4) is 11.8 Å². The summed E-state index contributed by atoms with van der Waals surface area (Å²) in [4.78, 5) is 32.2. The van der Waals surface area contributed by atoms with Crippen molar-refractivity contribution in [2.45, 2.75) is 70.3 Å². The van der Waals surface area contributed by atoms with Gasteiger partial charge in [0.2, 0.25) is 5.92 Å². The van der Waals surface area contributed by atoms with Crippen LogP contribution in [-0.2, 0) is 14.5 Å². The fourth-order valence-corrected chi connectivity index (χ4v) is 5.22. The molecular weight excluding hydrogens is 526 g/mol. The summed E-state index contributed by atoms with van der Waals surface area (Å²) < 4.78 is 50.2. The molecule has 2 amide bonds. The van der Waals surface area contributed by atoms with Gasteiger partial charge in [0.15, 0.2) is 0 Å². The van der Waals surface area contributed by atoms with Crippen molar-refractivity contribution in [3.05, 3.63) is 47.2 Å². The number of carbonyl (C=O) groups is 2. The van der Waals surface area contributed by atoms with Gasteiger partial charge in [-0.2, -0.15) is 0 Å². The molecule has 1 aromatic heterocycles. The van der Waals surface area contributed by atoms with E-state index in [9.17, 15) is 22.6 Å². The van der Waals surface area contributed by atoms with Crippen LogP contribution < -0.4 is 10.2 Å². The van der Waals surface area contributed by atoms with Gasteiger partial charge >= 0.3 is 6.09 Å². The van der Waals surface area contributed by atoms with Gasteiger partial charge in [-0.1, -0.05) is 12.0 Å². The Kier molecular flexibility index (Phi) is 9.01. The topological polar surface area (TPSA) is 101 Å². The van der Waals surface area contributed by atoms with E-state index in [0.717, 1.165) is 0 Å². The first-order valence-electron chi connectivity index (χ1n) is 12.5. The number of benzene rings is 1. The second kappa shape index (κ2) is 11.7. The fraction of sp³-hybridized carbons (Fsp3) is 0.464. The molecule has 0 unspecified atom stereocenters. The third-order valence-electron chi connectivity index (χ3n) is 5.99. The Labute approximate surface area is 228 Å². The molecule has 0 radical (unpaired) electrons. The third-order valence-corrected chi connectivity index (χ3v) is 7.62. The summed E-state index contributed by atoms with van der Waals surface area (Å²) in [7, 11) is -3.18. The highest BCUT2D eigenvalue weighted by atomic mass is 32.2. The Hall–Kier alpha value is -3.52. The van der Waals surface area contributed by atoms with Crippen LogP contribution in [0.1, 0.15) is 68.4 Å². The summed E-state index contributed by atoms with van der Waals surface area (Å²) in [5, 5.41) is 2.80. The van der Waals surface area contributed by atoms with E-state index < -0.39 is 33.3 Å². The van der Waals surface area contributed by atoms with Crippen molar-refractivity contribution in [2.24, 2.45) is 4.36 Å². The molecule has 2 aromatic rings. The summed E-state index contributed by atoms with van der Waals surface area (Å²) in [6.07, 6.45) is 1.62. The molecule has 2 heterocycles. The number of rotatable bonds is 4. The number of hydrogen-bond acceptors (Lipinski definition) is 6. The van der Waals surface area contributed by atoms with Crippen molar-refractivity contribution in [3.63, 3.8) is 0 Å². The first-order valence-corrected chi connectivity index (χ1v) is 14.5. The standard InChI is InChI=1S/C28H34F2N4O4S/c1-7-10-20-18-31-24(34-15-9-13-28(29,30)14-16-34)23(19(20)2)25(35)32-21-11-8-12-22(17-21)39(6,37)33-26(36)38-27(3,4)5/h8,11-12,17-18H,9,13-16H2,1-6H3,(H,32,35)/t39-/m1/s1. The van der Waals surface area contributed by atoms with E-state index >= 15 is 0 Å². The van der Waals surface area contributed by atoms with Gasteiger partial charge in [-0.25, -0.2) is 22.8 Å². The summed E-state index contributed by atoms with van der Waals surface area (Å²) >= 11 is 0. The van der Waals surface area contributed by atoms with Crippen LogP contribution in [0.4, 0.5) is 25.1 Å². The molecule has 1 saturated heterocycles. The minimum atomic E-state index is -3.18. The molecule has 1 aromatic carbocycles. The van der Waals surface area contributed by atoms with Crippen molar-refractivity contribution in [1.29, 1.82) is 0 Å². The van der Waals surface area contributed by atoms with Crippen molar-refractivity contribution >= 4 is 33.2 Å². The summed E-state index contributed by atoms with van der Waals surface area (Å²) in [6.45, 7) is 8.83. The van der Waals surface area contributed by atoms with Crippen molar-refractivity contribution in [1.82, 2.24) is 4.98 Å². The molecule has 39 heavy (non-hydrogen) atoms. The van der Waals surface area contributed by atoms with Gasteiger partial charge in [0.25, 0.3) is 5.91 Å². The predicted octanol–water partition coefficient (Wildman–Crippen LogP) is 6.03. The molecule has 8 nitrogen and oxygen atoms in total. The van der Waals surface area contributed by atoms with Gasteiger partial charge in [-0.15, -0.1) is 10.3 Å². The number of ether oxygens (including phenoxy) is 1. The highest BCUT2D eigenvalue weighted by Gasteiger charge is 2.33. The molecule has 3 rings (SSSR count). The average molecular weight is 561 g/mol. The third kappa shape index (κ3) is 7.99. The van der Waals surface area contributed by atoms with Crippen molar-refractivity contribution < 1.29 is 27.3 Å². The molecule has 1 aliphatic rings. The minimum Gasteiger partial charge on any atom is -0.442 e. The van der Waals surface area contributed by atoms with Gasteiger partial charge in [-0.05, 0) is 64.8 Å². The number of anilines is 2. The number of halogens is 2. The van der Waals surface area contributed by atoms with E-state index in [1.54, 1.807) is 63.9 Å². The maximum Gasteiger partial charge on any atom is 0.442 e. The SMILES string of the molecule is CC#Cc1cnc(N2CCCC(F)(F)CC2)c(C(=O)Nc2cccc([S@@](C)(=O)=NC(=O)OC(C)(C)C)c2)c1C. The number of alkyl halides is 2. The normalized spacial score (nSPS) is 16.7. The van der Waals surface area contributed by atoms with Gasteiger partial charge in [0, 0.05) is 54.5 Å². The van der Waals surface area contributed by atoms with Gasteiger partial charge in [-0.3, -0.25) is 4.79 Å². The van der Waals surface area contributed by atoms with Gasteiger partial charge in [0.05, 0.1) is 15.3 Å². The highest BCUT2D eigenvalue weighted by molar-refractivity contribution is 7.93. The smallest absolute Gasteiger partial charge is 0.442 e. The van der Waals surface area contributed by atoms with E-state index in [1.165, 1.54) is 12.3 Å². The zero-order valence-electron chi connectivity index (χ0n) is 23.1. The number of nitrogens with zero attached hydrogens (tertiary/aromatic N) is 3. The molecule has 1 fully saturated rings. The van der Waals surface area contributed by atoms with Crippen LogP contribution in [0.2, 0.25) is 0 Å². The van der Waals surface area contributed by atoms with Crippen LogP contribution in [0.25, 0.3) is 0 Å². The lowest BCUT2D eigenvalue weighted by atomic mass is 10.0. The number of carbonyl (C=O) groups excluding carboxylic acids is 2. The minimum absolute atomic E-state index is 0.0536. The van der Waals surface area contributed by atoms with Crippen LogP contribution >= 0.6 is 0 Å². The van der Waals surface area contributed by atoms with Gasteiger partial charge in [0.1, 0.15) is 11.4 Å². The van der Waals surface area contributed by atoms with E-state index in [-0.39, 0.29) is 36.3 Å². The maximum atomic E-state index is 14.0. The Balaban J connectivity index is 1.97. The zero-order chi connectivity index (χ0) is 29.0. The van der Waals surface area contributed by atoms with Crippen molar-refractivity contribution in [2.75, 3.05) is 29.6 Å². The van der Waals surface area contributed by atoms with E-state index in [2.05, 4.69) is 26.5 Å². The number of hydrogen-bond donors (Lipinski definition) is 1. The van der Waals surface area contributed by atoms with Crippen LogP contribution in [0.3, 0.4) is 0 Å². The molecule has 0 aliphatic carbocycles. The second-order valence-corrected chi connectivity index (χ2v) is 12.7. The molecule has 0 bridgehead atoms. The van der Waals surface area contributed by atoms with E-state index in [1.807, 2.05) is 0 Å². The summed E-state index contributed by atoms with van der Waals surface area (Å²) in [5.41, 5.74) is 0.856. The maximum absolute atomic E-state index is 14.0. The molecule has 11 heteroatoms. The van der Waals surface area contributed by atoms with E-state index in [0.29, 0.717) is 29.2 Å². The quantitative estimate of drug-likeness (QED) is 0.458. The lowest BCUT2D eigenvalue weighted by Gasteiger charge is -2.25. The Morgan fingerprint density at radius 2 is 1.95 bits per heavy atom. The molecule has 1 atom stereocenters. The van der Waals surface area contributed by atoms with Crippen LogP contribution in [0.5, 0.6) is 0 Å². The Morgan fingerprint density at radius 3 is 2.62 bits per heavy atom. The van der Waals surface area contributed by atoms with Gasteiger partial charge < -0.3 is 15.0 Å². The first-order chi connectivity index (χ1) is 18.1. The fourth-order valence-electron chi connectivity index (χ4n) is 4.12. The van der Waals surface area contributed by atoms with E-state index in [4.69, 9.17) is 4.74 Å². The molecule has 0 spiro atoms. The molecule has 210 valence electrons. The number of pyridine rings is 1. The molecule has 1 N–H and O–H groups in total. The Bertz CT molecular complexity index is 1450.